The molecule has 1 aliphatic rings. The first-order chi connectivity index (χ1) is 15.9. The Morgan fingerprint density at radius 3 is 2.73 bits per heavy atom. The van der Waals surface area contributed by atoms with Crippen LogP contribution in [0, 0.1) is 0 Å². The Morgan fingerprint density at radius 2 is 1.94 bits per heavy atom. The number of anilines is 2. The van der Waals surface area contributed by atoms with Gasteiger partial charge in [0.05, 0.1) is 33.2 Å². The Hall–Kier alpha value is -3.49. The molecule has 0 radical (unpaired) electrons. The quantitative estimate of drug-likeness (QED) is 0.457. The number of nitrogens with zero attached hydrogens (tertiary/aromatic N) is 3. The SMILES string of the molecule is O=C(Nc1cccc(-c2ccc3cnccc3n2)c1)c1ccc(N2CCCS2(=O)=O)cc1Cl. The Labute approximate surface area is 196 Å². The lowest BCUT2D eigenvalue weighted by Crippen LogP contribution is -2.25. The van der Waals surface area contributed by atoms with Gasteiger partial charge in [-0.05, 0) is 55.0 Å². The lowest BCUT2D eigenvalue weighted by molar-refractivity contribution is 0.102. The summed E-state index contributed by atoms with van der Waals surface area (Å²) in [5.41, 5.74) is 3.79. The fourth-order valence-electron chi connectivity index (χ4n) is 3.85. The van der Waals surface area contributed by atoms with Gasteiger partial charge in [0.15, 0.2) is 0 Å². The van der Waals surface area contributed by atoms with E-state index in [1.165, 1.54) is 10.4 Å². The second kappa shape index (κ2) is 8.46. The van der Waals surface area contributed by atoms with Crippen LogP contribution in [0.15, 0.2) is 73.1 Å². The number of hydrogen-bond acceptors (Lipinski definition) is 5. The summed E-state index contributed by atoms with van der Waals surface area (Å²) < 4.78 is 25.6. The molecule has 0 saturated carbocycles. The van der Waals surface area contributed by atoms with Gasteiger partial charge in [0.1, 0.15) is 0 Å². The summed E-state index contributed by atoms with van der Waals surface area (Å²) in [6, 6.07) is 17.8. The van der Waals surface area contributed by atoms with Crippen molar-refractivity contribution in [3.05, 3.63) is 83.6 Å². The third-order valence-corrected chi connectivity index (χ3v) is 7.67. The van der Waals surface area contributed by atoms with Gasteiger partial charge in [-0.25, -0.2) is 13.4 Å². The van der Waals surface area contributed by atoms with Crippen LogP contribution in [0.1, 0.15) is 16.8 Å². The number of fused-ring (bicyclic) bond motifs is 1. The molecule has 1 amide bonds. The van der Waals surface area contributed by atoms with Crippen LogP contribution in [0.25, 0.3) is 22.2 Å². The number of halogens is 1. The van der Waals surface area contributed by atoms with Crippen molar-refractivity contribution in [2.45, 2.75) is 6.42 Å². The molecule has 166 valence electrons. The fraction of sp³-hybridized carbons (Fsp3) is 0.125. The van der Waals surface area contributed by atoms with Crippen molar-refractivity contribution in [3.8, 4) is 11.3 Å². The molecule has 33 heavy (non-hydrogen) atoms. The number of hydrogen-bond donors (Lipinski definition) is 1. The zero-order valence-electron chi connectivity index (χ0n) is 17.4. The summed E-state index contributed by atoms with van der Waals surface area (Å²) >= 11 is 6.35. The number of aromatic nitrogens is 2. The fourth-order valence-corrected chi connectivity index (χ4v) is 5.67. The van der Waals surface area contributed by atoms with E-state index in [9.17, 15) is 13.2 Å². The number of amides is 1. The number of nitrogens with one attached hydrogen (secondary N) is 1. The first kappa shape index (κ1) is 21.4. The van der Waals surface area contributed by atoms with Crippen molar-refractivity contribution < 1.29 is 13.2 Å². The highest BCUT2D eigenvalue weighted by Crippen LogP contribution is 2.29. The van der Waals surface area contributed by atoms with Gasteiger partial charge in [-0.2, -0.15) is 0 Å². The minimum atomic E-state index is -3.32. The summed E-state index contributed by atoms with van der Waals surface area (Å²) in [5.74, 6) is -0.267. The molecule has 5 rings (SSSR count). The molecule has 4 aromatic rings. The average molecular weight is 479 g/mol. The number of sulfonamides is 1. The number of rotatable bonds is 4. The van der Waals surface area contributed by atoms with Crippen LogP contribution in [0.4, 0.5) is 11.4 Å². The molecule has 1 aliphatic heterocycles. The van der Waals surface area contributed by atoms with E-state index < -0.39 is 10.0 Å². The van der Waals surface area contributed by atoms with Crippen LogP contribution in [-0.2, 0) is 10.0 Å². The predicted molar refractivity (Wildman–Crippen MR) is 130 cm³/mol. The van der Waals surface area contributed by atoms with Gasteiger partial charge in [0, 0.05) is 35.6 Å². The standard InChI is InChI=1S/C24H19ClN4O3S/c25-21-14-19(29-11-2-12-33(29,31)32)6-7-20(21)24(30)27-18-4-1-3-16(13-18)22-8-5-17-15-26-10-9-23(17)28-22/h1,3-10,13-15H,2,11-12H2,(H,27,30). The molecule has 0 aliphatic carbocycles. The molecule has 7 nitrogen and oxygen atoms in total. The van der Waals surface area contributed by atoms with Crippen LogP contribution >= 0.6 is 11.6 Å². The van der Waals surface area contributed by atoms with E-state index in [1.807, 2.05) is 36.4 Å². The average Bonchev–Trinajstić information content (AvgIpc) is 3.17. The van der Waals surface area contributed by atoms with Crippen LogP contribution < -0.4 is 9.62 Å². The first-order valence-electron chi connectivity index (χ1n) is 10.3. The summed E-state index contributed by atoms with van der Waals surface area (Å²) in [4.78, 5) is 21.6. The first-order valence-corrected chi connectivity index (χ1v) is 12.3. The molecule has 1 saturated heterocycles. The van der Waals surface area contributed by atoms with E-state index in [0.29, 0.717) is 24.3 Å². The summed E-state index contributed by atoms with van der Waals surface area (Å²) in [6.07, 6.45) is 4.03. The predicted octanol–water partition coefficient (Wildman–Crippen LogP) is 4.74. The highest BCUT2D eigenvalue weighted by atomic mass is 35.5. The zero-order chi connectivity index (χ0) is 23.0. The smallest absolute Gasteiger partial charge is 0.257 e. The maximum atomic E-state index is 12.9. The second-order valence-corrected chi connectivity index (χ2v) is 10.1. The van der Waals surface area contributed by atoms with Crippen molar-refractivity contribution in [1.29, 1.82) is 0 Å². The molecular formula is C24H19ClN4O3S. The molecule has 0 spiro atoms. The van der Waals surface area contributed by atoms with Crippen molar-refractivity contribution in [2.75, 3.05) is 21.9 Å². The molecule has 0 bridgehead atoms. The normalized spacial score (nSPS) is 15.0. The van der Waals surface area contributed by atoms with Crippen molar-refractivity contribution in [1.82, 2.24) is 9.97 Å². The lowest BCUT2D eigenvalue weighted by Gasteiger charge is -2.18. The Morgan fingerprint density at radius 1 is 1.06 bits per heavy atom. The van der Waals surface area contributed by atoms with E-state index in [-0.39, 0.29) is 22.2 Å². The maximum absolute atomic E-state index is 12.9. The van der Waals surface area contributed by atoms with Crippen molar-refractivity contribution in [2.24, 2.45) is 0 Å². The summed E-state index contributed by atoms with van der Waals surface area (Å²) in [6.45, 7) is 0.413. The highest BCUT2D eigenvalue weighted by molar-refractivity contribution is 7.93. The van der Waals surface area contributed by atoms with Gasteiger partial charge in [-0.1, -0.05) is 23.7 Å². The Balaban J connectivity index is 1.38. The van der Waals surface area contributed by atoms with Gasteiger partial charge in [0.2, 0.25) is 10.0 Å². The molecule has 2 aromatic heterocycles. The lowest BCUT2D eigenvalue weighted by atomic mass is 10.1. The summed E-state index contributed by atoms with van der Waals surface area (Å²) in [5, 5.41) is 4.00. The number of benzene rings is 2. The van der Waals surface area contributed by atoms with Gasteiger partial charge >= 0.3 is 0 Å². The number of carbonyl (C=O) groups is 1. The Bertz CT molecular complexity index is 1490. The molecule has 1 fully saturated rings. The minimum absolute atomic E-state index is 0.117. The van der Waals surface area contributed by atoms with Gasteiger partial charge in [-0.15, -0.1) is 0 Å². The van der Waals surface area contributed by atoms with Crippen LogP contribution in [0.3, 0.4) is 0 Å². The molecular weight excluding hydrogens is 460 g/mol. The third-order valence-electron chi connectivity index (χ3n) is 5.49. The Kier molecular flexibility index (Phi) is 5.47. The molecule has 0 unspecified atom stereocenters. The van der Waals surface area contributed by atoms with Crippen molar-refractivity contribution in [3.63, 3.8) is 0 Å². The van der Waals surface area contributed by atoms with E-state index in [1.54, 1.807) is 30.6 Å². The van der Waals surface area contributed by atoms with E-state index in [4.69, 9.17) is 11.6 Å². The highest BCUT2D eigenvalue weighted by Gasteiger charge is 2.29. The van der Waals surface area contributed by atoms with E-state index in [2.05, 4.69) is 15.3 Å². The van der Waals surface area contributed by atoms with E-state index in [0.717, 1.165) is 22.2 Å². The maximum Gasteiger partial charge on any atom is 0.257 e. The number of carbonyl (C=O) groups excluding carboxylic acids is 1. The number of pyridine rings is 2. The van der Waals surface area contributed by atoms with E-state index >= 15 is 0 Å². The zero-order valence-corrected chi connectivity index (χ0v) is 19.0. The molecule has 0 atom stereocenters. The van der Waals surface area contributed by atoms with Crippen LogP contribution in [0.5, 0.6) is 0 Å². The largest absolute Gasteiger partial charge is 0.322 e. The minimum Gasteiger partial charge on any atom is -0.322 e. The van der Waals surface area contributed by atoms with Gasteiger partial charge in [-0.3, -0.25) is 14.1 Å². The molecule has 3 heterocycles. The molecule has 9 heteroatoms. The molecule has 2 aromatic carbocycles. The second-order valence-electron chi connectivity index (χ2n) is 7.71. The third kappa shape index (κ3) is 4.27. The van der Waals surface area contributed by atoms with Gasteiger partial charge in [0.25, 0.3) is 5.91 Å². The summed E-state index contributed by atoms with van der Waals surface area (Å²) in [7, 11) is -3.32. The van der Waals surface area contributed by atoms with Crippen LogP contribution in [0.2, 0.25) is 5.02 Å². The topological polar surface area (TPSA) is 92.3 Å². The van der Waals surface area contributed by atoms with Crippen LogP contribution in [-0.4, -0.2) is 36.6 Å². The monoisotopic (exact) mass is 478 g/mol. The van der Waals surface area contributed by atoms with Gasteiger partial charge < -0.3 is 5.32 Å². The molecule has 1 N–H and O–H groups in total. The van der Waals surface area contributed by atoms with Crippen molar-refractivity contribution >= 4 is 49.8 Å².